The van der Waals surface area contributed by atoms with Gasteiger partial charge in [-0.15, -0.1) is 0 Å². The molecule has 0 atom stereocenters. The highest BCUT2D eigenvalue weighted by Gasteiger charge is 2.09. The molecule has 23 heavy (non-hydrogen) atoms. The molecule has 0 saturated carbocycles. The van der Waals surface area contributed by atoms with Crippen molar-refractivity contribution in [1.29, 1.82) is 0 Å². The minimum Gasteiger partial charge on any atom is -0.497 e. The summed E-state index contributed by atoms with van der Waals surface area (Å²) in [6, 6.07) is 16.0. The standard InChI is InChI=1S/C18H17N3OS/c1-12-3-9-15(10-4-12)23-18-17(19)20-11-16(21-18)13-5-7-14(22-2)8-6-13/h3-11H,1-2H3,(H2,19,20). The zero-order chi connectivity index (χ0) is 16.2. The topological polar surface area (TPSA) is 61.0 Å². The van der Waals surface area contributed by atoms with Gasteiger partial charge in [-0.25, -0.2) is 9.97 Å². The molecule has 2 N–H and O–H groups in total. The number of nitrogens with zero attached hydrogens (tertiary/aromatic N) is 2. The number of aromatic nitrogens is 2. The molecule has 0 aliphatic rings. The zero-order valence-corrected chi connectivity index (χ0v) is 13.8. The Hall–Kier alpha value is -2.53. The summed E-state index contributed by atoms with van der Waals surface area (Å²) in [5.41, 5.74) is 8.96. The lowest BCUT2D eigenvalue weighted by Gasteiger charge is -2.08. The average Bonchev–Trinajstić information content (AvgIpc) is 2.59. The normalized spacial score (nSPS) is 10.5. The fraction of sp³-hybridized carbons (Fsp3) is 0.111. The molecule has 116 valence electrons. The van der Waals surface area contributed by atoms with Crippen LogP contribution in [0.1, 0.15) is 5.56 Å². The Balaban J connectivity index is 1.90. The van der Waals surface area contributed by atoms with E-state index in [9.17, 15) is 0 Å². The van der Waals surface area contributed by atoms with Gasteiger partial charge in [0.2, 0.25) is 0 Å². The van der Waals surface area contributed by atoms with Gasteiger partial charge in [-0.3, -0.25) is 0 Å². The molecule has 0 fully saturated rings. The Morgan fingerprint density at radius 2 is 1.70 bits per heavy atom. The van der Waals surface area contributed by atoms with Crippen LogP contribution in [0.5, 0.6) is 5.75 Å². The van der Waals surface area contributed by atoms with Gasteiger partial charge >= 0.3 is 0 Å². The largest absolute Gasteiger partial charge is 0.497 e. The first kappa shape index (κ1) is 15.4. The number of nitrogen functional groups attached to an aromatic ring is 1. The minimum absolute atomic E-state index is 0.438. The molecule has 0 aliphatic carbocycles. The summed E-state index contributed by atoms with van der Waals surface area (Å²) in [6.07, 6.45) is 1.69. The molecule has 5 heteroatoms. The predicted molar refractivity (Wildman–Crippen MR) is 93.7 cm³/mol. The molecular weight excluding hydrogens is 306 g/mol. The van der Waals surface area contributed by atoms with Crippen LogP contribution in [0.2, 0.25) is 0 Å². The lowest BCUT2D eigenvalue weighted by Crippen LogP contribution is -1.97. The van der Waals surface area contributed by atoms with Gasteiger partial charge in [-0.05, 0) is 43.3 Å². The highest BCUT2D eigenvalue weighted by molar-refractivity contribution is 7.99. The first-order valence-corrected chi connectivity index (χ1v) is 7.99. The monoisotopic (exact) mass is 323 g/mol. The Labute approximate surface area is 139 Å². The lowest BCUT2D eigenvalue weighted by atomic mass is 10.1. The summed E-state index contributed by atoms with van der Waals surface area (Å²) in [7, 11) is 1.65. The van der Waals surface area contributed by atoms with Gasteiger partial charge in [-0.1, -0.05) is 29.5 Å². The second-order valence-electron chi connectivity index (χ2n) is 5.09. The molecular formula is C18H17N3OS. The smallest absolute Gasteiger partial charge is 0.156 e. The van der Waals surface area contributed by atoms with Crippen molar-refractivity contribution < 1.29 is 4.74 Å². The van der Waals surface area contributed by atoms with E-state index in [4.69, 9.17) is 10.5 Å². The van der Waals surface area contributed by atoms with Crippen LogP contribution >= 0.6 is 11.8 Å². The van der Waals surface area contributed by atoms with Crippen LogP contribution in [-0.4, -0.2) is 17.1 Å². The lowest BCUT2D eigenvalue weighted by molar-refractivity contribution is 0.415. The van der Waals surface area contributed by atoms with E-state index < -0.39 is 0 Å². The third-order valence-electron chi connectivity index (χ3n) is 3.39. The summed E-state index contributed by atoms with van der Waals surface area (Å²) in [5, 5.41) is 0.710. The molecule has 4 nitrogen and oxygen atoms in total. The maximum absolute atomic E-state index is 5.98. The molecule has 0 radical (unpaired) electrons. The van der Waals surface area contributed by atoms with E-state index in [1.165, 1.54) is 17.3 Å². The Morgan fingerprint density at radius 1 is 1.00 bits per heavy atom. The molecule has 1 aromatic heterocycles. The highest BCUT2D eigenvalue weighted by atomic mass is 32.2. The Bertz CT molecular complexity index is 802. The van der Waals surface area contributed by atoms with E-state index in [-0.39, 0.29) is 0 Å². The van der Waals surface area contributed by atoms with E-state index in [2.05, 4.69) is 41.2 Å². The third kappa shape index (κ3) is 3.63. The van der Waals surface area contributed by atoms with E-state index in [1.807, 2.05) is 24.3 Å². The molecule has 0 amide bonds. The quantitative estimate of drug-likeness (QED) is 0.780. The fourth-order valence-electron chi connectivity index (χ4n) is 2.08. The first-order valence-electron chi connectivity index (χ1n) is 7.17. The summed E-state index contributed by atoms with van der Waals surface area (Å²) in [4.78, 5) is 10.0. The summed E-state index contributed by atoms with van der Waals surface area (Å²) < 4.78 is 5.18. The summed E-state index contributed by atoms with van der Waals surface area (Å²) in [6.45, 7) is 2.06. The van der Waals surface area contributed by atoms with E-state index in [0.717, 1.165) is 21.9 Å². The molecule has 3 aromatic rings. The SMILES string of the molecule is COc1ccc(-c2cnc(N)c(Sc3ccc(C)cc3)n2)cc1. The van der Waals surface area contributed by atoms with Gasteiger partial charge in [0.1, 0.15) is 10.8 Å². The van der Waals surface area contributed by atoms with Crippen molar-refractivity contribution in [2.75, 3.05) is 12.8 Å². The number of rotatable bonds is 4. The zero-order valence-electron chi connectivity index (χ0n) is 13.0. The van der Waals surface area contributed by atoms with Crippen LogP contribution < -0.4 is 10.5 Å². The maximum Gasteiger partial charge on any atom is 0.156 e. The Kier molecular flexibility index (Phi) is 4.48. The number of hydrogen-bond donors (Lipinski definition) is 1. The van der Waals surface area contributed by atoms with Crippen molar-refractivity contribution >= 4 is 17.6 Å². The number of hydrogen-bond acceptors (Lipinski definition) is 5. The van der Waals surface area contributed by atoms with Crippen LogP contribution in [0.3, 0.4) is 0 Å². The molecule has 0 bridgehead atoms. The molecule has 0 saturated heterocycles. The van der Waals surface area contributed by atoms with E-state index in [0.29, 0.717) is 10.8 Å². The van der Waals surface area contributed by atoms with Crippen LogP contribution in [-0.2, 0) is 0 Å². The first-order chi connectivity index (χ1) is 11.2. The van der Waals surface area contributed by atoms with Crippen LogP contribution in [0, 0.1) is 6.92 Å². The van der Waals surface area contributed by atoms with Crippen molar-refractivity contribution in [3.63, 3.8) is 0 Å². The van der Waals surface area contributed by atoms with Crippen molar-refractivity contribution in [3.05, 3.63) is 60.3 Å². The number of benzene rings is 2. The van der Waals surface area contributed by atoms with Crippen molar-refractivity contribution in [2.45, 2.75) is 16.8 Å². The third-order valence-corrected chi connectivity index (χ3v) is 4.39. The molecule has 0 aliphatic heterocycles. The molecule has 0 unspecified atom stereocenters. The van der Waals surface area contributed by atoms with Gasteiger partial charge < -0.3 is 10.5 Å². The van der Waals surface area contributed by atoms with E-state index >= 15 is 0 Å². The van der Waals surface area contributed by atoms with Crippen molar-refractivity contribution in [3.8, 4) is 17.0 Å². The highest BCUT2D eigenvalue weighted by Crippen LogP contribution is 2.31. The molecule has 1 heterocycles. The number of nitrogens with two attached hydrogens (primary N) is 1. The van der Waals surface area contributed by atoms with Gasteiger partial charge in [0.05, 0.1) is 19.0 Å². The van der Waals surface area contributed by atoms with Gasteiger partial charge in [0, 0.05) is 10.5 Å². The van der Waals surface area contributed by atoms with Crippen molar-refractivity contribution in [1.82, 2.24) is 9.97 Å². The molecule has 3 rings (SSSR count). The van der Waals surface area contributed by atoms with Crippen LogP contribution in [0.25, 0.3) is 11.3 Å². The summed E-state index contributed by atoms with van der Waals surface area (Å²) >= 11 is 1.52. The predicted octanol–water partition coefficient (Wildman–Crippen LogP) is 4.19. The second-order valence-corrected chi connectivity index (χ2v) is 6.15. The Morgan fingerprint density at radius 3 is 2.35 bits per heavy atom. The molecule has 2 aromatic carbocycles. The number of aryl methyl sites for hydroxylation is 1. The van der Waals surface area contributed by atoms with Crippen LogP contribution in [0.15, 0.2) is 64.6 Å². The average molecular weight is 323 g/mol. The number of ether oxygens (including phenoxy) is 1. The van der Waals surface area contributed by atoms with E-state index in [1.54, 1.807) is 13.3 Å². The molecule has 0 spiro atoms. The second kappa shape index (κ2) is 6.71. The van der Waals surface area contributed by atoms with Gasteiger partial charge in [0.15, 0.2) is 5.82 Å². The van der Waals surface area contributed by atoms with Crippen LogP contribution in [0.4, 0.5) is 5.82 Å². The summed E-state index contributed by atoms with van der Waals surface area (Å²) in [5.74, 6) is 1.25. The maximum atomic E-state index is 5.98. The van der Waals surface area contributed by atoms with Gasteiger partial charge in [0.25, 0.3) is 0 Å². The minimum atomic E-state index is 0.438. The number of anilines is 1. The van der Waals surface area contributed by atoms with Gasteiger partial charge in [-0.2, -0.15) is 0 Å². The fourth-order valence-corrected chi connectivity index (χ4v) is 2.87. The number of methoxy groups -OCH3 is 1. The van der Waals surface area contributed by atoms with Crippen molar-refractivity contribution in [2.24, 2.45) is 0 Å².